The van der Waals surface area contributed by atoms with E-state index in [0.717, 1.165) is 14.5 Å². The number of carbonyl (C=O) groups is 1. The number of rotatable bonds is 3. The lowest BCUT2D eigenvalue weighted by molar-refractivity contribution is 0.0661. The van der Waals surface area contributed by atoms with E-state index in [1.807, 2.05) is 32.0 Å². The lowest BCUT2D eigenvalue weighted by Gasteiger charge is -1.99. The first kappa shape index (κ1) is 14.3. The minimum absolute atomic E-state index is 0.0146. The highest BCUT2D eigenvalue weighted by Crippen LogP contribution is 2.30. The van der Waals surface area contributed by atoms with Crippen LogP contribution in [-0.2, 0) is 0 Å². The Labute approximate surface area is 127 Å². The largest absolute Gasteiger partial charge is 0.475 e. The maximum atomic E-state index is 11.2. The van der Waals surface area contributed by atoms with E-state index in [-0.39, 0.29) is 11.7 Å². The fraction of sp³-hybridized carbons (Fsp3) is 0.231. The molecule has 0 atom stereocenters. The first-order chi connectivity index (χ1) is 8.88. The van der Waals surface area contributed by atoms with Crippen LogP contribution < -0.4 is 0 Å². The van der Waals surface area contributed by atoms with Gasteiger partial charge < -0.3 is 9.52 Å². The molecule has 0 saturated carbocycles. The van der Waals surface area contributed by atoms with Gasteiger partial charge in [-0.1, -0.05) is 45.7 Å². The van der Waals surface area contributed by atoms with Crippen molar-refractivity contribution in [2.45, 2.75) is 19.8 Å². The molecule has 1 aromatic carbocycles. The summed E-state index contributed by atoms with van der Waals surface area (Å²) >= 11 is 6.76. The van der Waals surface area contributed by atoms with Crippen molar-refractivity contribution in [1.82, 2.24) is 4.98 Å². The van der Waals surface area contributed by atoms with Crippen molar-refractivity contribution in [2.75, 3.05) is 0 Å². The molecule has 2 aromatic rings. The van der Waals surface area contributed by atoms with E-state index in [4.69, 9.17) is 9.52 Å². The van der Waals surface area contributed by atoms with Crippen LogP contribution in [0.3, 0.4) is 0 Å². The Morgan fingerprint density at radius 2 is 1.84 bits per heavy atom. The second-order valence-corrected chi connectivity index (χ2v) is 6.18. The van der Waals surface area contributed by atoms with E-state index >= 15 is 0 Å². The fourth-order valence-corrected chi connectivity index (χ4v) is 2.97. The van der Waals surface area contributed by atoms with Crippen LogP contribution >= 0.6 is 31.9 Å². The van der Waals surface area contributed by atoms with Gasteiger partial charge in [0.2, 0.25) is 11.7 Å². The minimum Gasteiger partial charge on any atom is -0.475 e. The highest BCUT2D eigenvalue weighted by molar-refractivity contribution is 9.11. The van der Waals surface area contributed by atoms with Crippen molar-refractivity contribution in [2.24, 2.45) is 0 Å². The Morgan fingerprint density at radius 3 is 2.26 bits per heavy atom. The molecular weight excluding hydrogens is 378 g/mol. The van der Waals surface area contributed by atoms with Crippen molar-refractivity contribution in [1.29, 1.82) is 0 Å². The van der Waals surface area contributed by atoms with Gasteiger partial charge in [0, 0.05) is 14.5 Å². The number of carboxylic acid groups (broad SMARTS) is 1. The molecule has 19 heavy (non-hydrogen) atoms. The number of nitrogens with zero attached hydrogens (tertiary/aromatic N) is 1. The third-order valence-electron chi connectivity index (χ3n) is 2.50. The summed E-state index contributed by atoms with van der Waals surface area (Å²) in [6, 6.07) is 5.53. The Morgan fingerprint density at radius 1 is 1.26 bits per heavy atom. The van der Waals surface area contributed by atoms with E-state index < -0.39 is 5.97 Å². The Kier molecular flexibility index (Phi) is 4.10. The predicted octanol–water partition coefficient (Wildman–Crippen LogP) is 4.69. The maximum absolute atomic E-state index is 11.2. The summed E-state index contributed by atoms with van der Waals surface area (Å²) in [4.78, 5) is 15.4. The zero-order valence-electron chi connectivity index (χ0n) is 10.3. The molecule has 0 spiro atoms. The normalized spacial score (nSPS) is 11.0. The summed E-state index contributed by atoms with van der Waals surface area (Å²) in [5.41, 5.74) is 1.18. The van der Waals surface area contributed by atoms with Crippen LogP contribution in [0.2, 0.25) is 0 Å². The van der Waals surface area contributed by atoms with Crippen LogP contribution in [0.25, 0.3) is 11.5 Å². The molecule has 4 nitrogen and oxygen atoms in total. The molecule has 1 N–H and O–H groups in total. The van der Waals surface area contributed by atoms with Crippen LogP contribution in [0.1, 0.15) is 36.0 Å². The fourth-order valence-electron chi connectivity index (χ4n) is 1.68. The molecule has 0 amide bonds. The van der Waals surface area contributed by atoms with E-state index in [9.17, 15) is 4.79 Å². The van der Waals surface area contributed by atoms with E-state index in [2.05, 4.69) is 36.8 Å². The zero-order valence-corrected chi connectivity index (χ0v) is 13.4. The van der Waals surface area contributed by atoms with Gasteiger partial charge in [-0.2, -0.15) is 0 Å². The van der Waals surface area contributed by atoms with Crippen LogP contribution in [0.15, 0.2) is 31.6 Å². The second kappa shape index (κ2) is 5.46. The van der Waals surface area contributed by atoms with E-state index in [1.54, 1.807) is 0 Å². The third-order valence-corrected chi connectivity index (χ3v) is 3.42. The predicted molar refractivity (Wildman–Crippen MR) is 78.4 cm³/mol. The minimum atomic E-state index is -1.10. The molecule has 100 valence electrons. The molecule has 1 aromatic heterocycles. The molecular formula is C13H11Br2NO3. The summed E-state index contributed by atoms with van der Waals surface area (Å²) in [7, 11) is 0. The van der Waals surface area contributed by atoms with Crippen LogP contribution in [0, 0.1) is 0 Å². The summed E-state index contributed by atoms with van der Waals surface area (Å²) in [5.74, 6) is -0.903. The molecule has 0 saturated heterocycles. The quantitative estimate of drug-likeness (QED) is 0.828. The number of benzene rings is 1. The summed E-state index contributed by atoms with van der Waals surface area (Å²) in [6.07, 6.45) is 0. The summed E-state index contributed by atoms with van der Waals surface area (Å²) in [6.45, 7) is 3.76. The highest BCUT2D eigenvalue weighted by Gasteiger charge is 2.22. The average Bonchev–Trinajstić information content (AvgIpc) is 2.72. The molecule has 0 aliphatic carbocycles. The van der Waals surface area contributed by atoms with Crippen molar-refractivity contribution < 1.29 is 14.3 Å². The van der Waals surface area contributed by atoms with Gasteiger partial charge in [-0.25, -0.2) is 9.78 Å². The molecule has 2 rings (SSSR count). The summed E-state index contributed by atoms with van der Waals surface area (Å²) in [5, 5.41) is 9.13. The Hall–Kier alpha value is -1.14. The average molecular weight is 389 g/mol. The Balaban J connectivity index is 2.57. The van der Waals surface area contributed by atoms with Gasteiger partial charge in [0.15, 0.2) is 0 Å². The van der Waals surface area contributed by atoms with Gasteiger partial charge in [0.05, 0.1) is 5.69 Å². The molecule has 0 bridgehead atoms. The number of hydrogen-bond donors (Lipinski definition) is 1. The second-order valence-electron chi connectivity index (χ2n) is 4.35. The van der Waals surface area contributed by atoms with Crippen molar-refractivity contribution in [3.05, 3.63) is 38.6 Å². The third kappa shape index (κ3) is 3.06. The lowest BCUT2D eigenvalue weighted by Crippen LogP contribution is -2.01. The molecule has 6 heteroatoms. The van der Waals surface area contributed by atoms with Gasteiger partial charge in [-0.15, -0.1) is 0 Å². The van der Waals surface area contributed by atoms with Gasteiger partial charge in [0.25, 0.3) is 0 Å². The molecule has 0 aliphatic rings. The van der Waals surface area contributed by atoms with Crippen molar-refractivity contribution in [3.8, 4) is 11.5 Å². The van der Waals surface area contributed by atoms with Gasteiger partial charge >= 0.3 is 5.97 Å². The zero-order chi connectivity index (χ0) is 14.2. The first-order valence-electron chi connectivity index (χ1n) is 5.59. The smallest absolute Gasteiger partial charge is 0.373 e. The molecule has 0 radical (unpaired) electrons. The lowest BCUT2D eigenvalue weighted by atomic mass is 10.1. The molecule has 0 aliphatic heterocycles. The van der Waals surface area contributed by atoms with Gasteiger partial charge in [-0.3, -0.25) is 0 Å². The molecule has 0 unspecified atom stereocenters. The number of aromatic nitrogens is 1. The van der Waals surface area contributed by atoms with Crippen molar-refractivity contribution in [3.63, 3.8) is 0 Å². The Bertz CT molecular complexity index is 615. The van der Waals surface area contributed by atoms with Gasteiger partial charge in [0.1, 0.15) is 0 Å². The first-order valence-corrected chi connectivity index (χ1v) is 7.17. The van der Waals surface area contributed by atoms with Gasteiger partial charge in [-0.05, 0) is 24.1 Å². The number of aromatic carboxylic acids is 1. The number of carboxylic acids is 1. The standard InChI is InChI=1S/C13H11Br2NO3/c1-6(2)10-11(13(17)18)19-12(16-10)7-3-8(14)5-9(15)4-7/h3-6H,1-2H3,(H,17,18). The van der Waals surface area contributed by atoms with Crippen LogP contribution in [-0.4, -0.2) is 16.1 Å². The van der Waals surface area contributed by atoms with Crippen molar-refractivity contribution >= 4 is 37.8 Å². The summed E-state index contributed by atoms with van der Waals surface area (Å²) < 4.78 is 7.10. The topological polar surface area (TPSA) is 63.3 Å². The monoisotopic (exact) mass is 387 g/mol. The maximum Gasteiger partial charge on any atom is 0.373 e. The van der Waals surface area contributed by atoms with Crippen LogP contribution in [0.4, 0.5) is 0 Å². The highest BCUT2D eigenvalue weighted by atomic mass is 79.9. The molecule has 0 fully saturated rings. The molecule has 1 heterocycles. The van der Waals surface area contributed by atoms with Crippen LogP contribution in [0.5, 0.6) is 0 Å². The number of hydrogen-bond acceptors (Lipinski definition) is 3. The number of oxazole rings is 1. The SMILES string of the molecule is CC(C)c1nc(-c2cc(Br)cc(Br)c2)oc1C(=O)O. The van der Waals surface area contributed by atoms with E-state index in [0.29, 0.717) is 11.6 Å². The van der Waals surface area contributed by atoms with E-state index in [1.165, 1.54) is 0 Å². The number of halogens is 2.